The Labute approximate surface area is 178 Å². The number of nitrogens with one attached hydrogen (secondary N) is 1. The monoisotopic (exact) mass is 426 g/mol. The van der Waals surface area contributed by atoms with Crippen LogP contribution in [-0.2, 0) is 17.7 Å². The number of carbonyl (C=O) groups is 2. The number of thiophene rings is 1. The number of methoxy groups -OCH3 is 1. The van der Waals surface area contributed by atoms with E-state index in [9.17, 15) is 9.59 Å². The lowest BCUT2D eigenvalue weighted by molar-refractivity contribution is 0.0516. The first-order valence-electron chi connectivity index (χ1n) is 9.62. The van der Waals surface area contributed by atoms with Gasteiger partial charge in [-0.3, -0.25) is 5.32 Å². The van der Waals surface area contributed by atoms with Gasteiger partial charge in [0.15, 0.2) is 5.69 Å². The highest BCUT2D eigenvalue weighted by molar-refractivity contribution is 7.14. The summed E-state index contributed by atoms with van der Waals surface area (Å²) in [5.41, 5.74) is 2.69. The average molecular weight is 426 g/mol. The number of esters is 1. The molecule has 1 aliphatic heterocycles. The lowest BCUT2D eigenvalue weighted by Crippen LogP contribution is -2.39. The van der Waals surface area contributed by atoms with Gasteiger partial charge in [-0.05, 0) is 48.7 Å². The van der Waals surface area contributed by atoms with E-state index in [0.29, 0.717) is 13.0 Å². The van der Waals surface area contributed by atoms with Crippen molar-refractivity contribution in [3.8, 4) is 11.4 Å². The van der Waals surface area contributed by atoms with Crippen molar-refractivity contribution >= 4 is 28.3 Å². The van der Waals surface area contributed by atoms with Gasteiger partial charge in [-0.2, -0.15) is 5.10 Å². The highest BCUT2D eigenvalue weighted by Gasteiger charge is 2.31. The van der Waals surface area contributed by atoms with Gasteiger partial charge in [-0.25, -0.2) is 14.3 Å². The molecule has 1 N–H and O–H groups in total. The van der Waals surface area contributed by atoms with E-state index in [2.05, 4.69) is 10.4 Å². The number of aromatic nitrogens is 2. The van der Waals surface area contributed by atoms with Gasteiger partial charge < -0.3 is 14.4 Å². The van der Waals surface area contributed by atoms with Crippen molar-refractivity contribution in [3.63, 3.8) is 0 Å². The number of ether oxygens (including phenoxy) is 2. The molecular formula is C21H22N4O4S. The number of rotatable bonds is 5. The first-order chi connectivity index (χ1) is 14.6. The molecule has 2 amide bonds. The number of anilines is 1. The predicted octanol–water partition coefficient (Wildman–Crippen LogP) is 3.71. The third-order valence-corrected chi connectivity index (χ3v) is 5.67. The van der Waals surface area contributed by atoms with Crippen molar-refractivity contribution in [2.24, 2.45) is 0 Å². The van der Waals surface area contributed by atoms with Gasteiger partial charge in [-0.15, -0.1) is 11.3 Å². The van der Waals surface area contributed by atoms with E-state index in [1.165, 1.54) is 11.3 Å². The summed E-state index contributed by atoms with van der Waals surface area (Å²) in [6.07, 6.45) is 0.575. The van der Waals surface area contributed by atoms with Crippen LogP contribution >= 0.6 is 11.3 Å². The summed E-state index contributed by atoms with van der Waals surface area (Å²) in [4.78, 5) is 26.9. The summed E-state index contributed by atoms with van der Waals surface area (Å²) < 4.78 is 12.2. The van der Waals surface area contributed by atoms with E-state index in [-0.39, 0.29) is 24.9 Å². The largest absolute Gasteiger partial charge is 0.497 e. The molecule has 0 atom stereocenters. The molecule has 1 aliphatic rings. The summed E-state index contributed by atoms with van der Waals surface area (Å²) in [7, 11) is 1.61. The molecule has 0 fully saturated rings. The van der Waals surface area contributed by atoms with Crippen LogP contribution in [0.1, 0.15) is 28.7 Å². The molecule has 30 heavy (non-hydrogen) atoms. The molecule has 3 aromatic rings. The van der Waals surface area contributed by atoms with E-state index >= 15 is 0 Å². The Hall–Kier alpha value is -3.33. The van der Waals surface area contributed by atoms with Crippen LogP contribution < -0.4 is 10.1 Å². The number of fused-ring (bicyclic) bond motifs is 1. The maximum absolute atomic E-state index is 12.7. The molecule has 4 rings (SSSR count). The van der Waals surface area contributed by atoms with Crippen molar-refractivity contribution in [1.82, 2.24) is 14.7 Å². The topological polar surface area (TPSA) is 85.7 Å². The van der Waals surface area contributed by atoms with Gasteiger partial charge >= 0.3 is 12.0 Å². The summed E-state index contributed by atoms with van der Waals surface area (Å²) >= 11 is 1.46. The Morgan fingerprint density at radius 1 is 1.23 bits per heavy atom. The van der Waals surface area contributed by atoms with Crippen LogP contribution in [0.2, 0.25) is 0 Å². The maximum atomic E-state index is 12.7. The fraction of sp³-hybridized carbons (Fsp3) is 0.286. The van der Waals surface area contributed by atoms with Crippen LogP contribution in [0, 0.1) is 0 Å². The van der Waals surface area contributed by atoms with Crippen molar-refractivity contribution in [1.29, 1.82) is 0 Å². The van der Waals surface area contributed by atoms with Crippen LogP contribution in [0.3, 0.4) is 0 Å². The molecule has 9 heteroatoms. The van der Waals surface area contributed by atoms with Crippen LogP contribution in [0.4, 0.5) is 9.80 Å². The molecule has 0 spiro atoms. The summed E-state index contributed by atoms with van der Waals surface area (Å²) in [5.74, 6) is 0.253. The van der Waals surface area contributed by atoms with Gasteiger partial charge in [0, 0.05) is 18.5 Å². The molecule has 2 aromatic heterocycles. The number of hydrogen-bond acceptors (Lipinski definition) is 6. The molecule has 1 aromatic carbocycles. The van der Waals surface area contributed by atoms with Gasteiger partial charge in [0.1, 0.15) is 5.75 Å². The first kappa shape index (κ1) is 20.0. The third kappa shape index (κ3) is 3.88. The minimum atomic E-state index is -0.485. The van der Waals surface area contributed by atoms with E-state index in [1.807, 2.05) is 41.8 Å². The van der Waals surface area contributed by atoms with Gasteiger partial charge in [0.2, 0.25) is 0 Å². The zero-order chi connectivity index (χ0) is 21.1. The van der Waals surface area contributed by atoms with Crippen LogP contribution in [0.5, 0.6) is 5.75 Å². The highest BCUT2D eigenvalue weighted by atomic mass is 32.1. The standard InChI is InChI=1S/C21H22N4O4S/c1-3-29-20(26)19-16-13-24(21(27)22-18-5-4-12-30-18)11-10-17(16)25(23-19)14-6-8-15(28-2)9-7-14/h4-9,12H,3,10-11,13H2,1-2H3,(H,22,27). The van der Waals surface area contributed by atoms with E-state index in [1.54, 1.807) is 23.6 Å². The molecular weight excluding hydrogens is 404 g/mol. The maximum Gasteiger partial charge on any atom is 0.359 e. The number of urea groups is 1. The highest BCUT2D eigenvalue weighted by Crippen LogP contribution is 2.27. The van der Waals surface area contributed by atoms with E-state index in [4.69, 9.17) is 9.47 Å². The van der Waals surface area contributed by atoms with E-state index < -0.39 is 5.97 Å². The second-order valence-corrected chi connectivity index (χ2v) is 7.63. The molecule has 0 unspecified atom stereocenters. The van der Waals surface area contributed by atoms with Crippen LogP contribution in [-0.4, -0.2) is 46.9 Å². The molecule has 0 radical (unpaired) electrons. The lowest BCUT2D eigenvalue weighted by Gasteiger charge is -2.27. The number of hydrogen-bond donors (Lipinski definition) is 1. The third-order valence-electron chi connectivity index (χ3n) is 4.88. The number of benzene rings is 1. The normalized spacial score (nSPS) is 12.9. The fourth-order valence-corrected chi connectivity index (χ4v) is 4.03. The molecule has 0 saturated heterocycles. The lowest BCUT2D eigenvalue weighted by atomic mass is 10.1. The minimum absolute atomic E-state index is 0.199. The Morgan fingerprint density at radius 2 is 2.03 bits per heavy atom. The summed E-state index contributed by atoms with van der Waals surface area (Å²) in [6.45, 7) is 2.82. The van der Waals surface area contributed by atoms with Crippen molar-refractivity contribution in [3.05, 3.63) is 58.7 Å². The summed E-state index contributed by atoms with van der Waals surface area (Å²) in [6, 6.07) is 11.0. The Bertz CT molecular complexity index is 1040. The zero-order valence-corrected chi connectivity index (χ0v) is 17.6. The van der Waals surface area contributed by atoms with Crippen molar-refractivity contribution in [2.75, 3.05) is 25.6 Å². The second-order valence-electron chi connectivity index (χ2n) is 6.68. The molecule has 0 bridgehead atoms. The smallest absolute Gasteiger partial charge is 0.359 e. The minimum Gasteiger partial charge on any atom is -0.497 e. The quantitative estimate of drug-likeness (QED) is 0.629. The van der Waals surface area contributed by atoms with Crippen molar-refractivity contribution < 1.29 is 19.1 Å². The number of nitrogens with zero attached hydrogens (tertiary/aromatic N) is 3. The molecule has 0 aliphatic carbocycles. The summed E-state index contributed by atoms with van der Waals surface area (Å²) in [5, 5.41) is 10.1. The number of carbonyl (C=O) groups excluding carboxylic acids is 2. The molecule has 156 valence electrons. The first-order valence-corrected chi connectivity index (χ1v) is 10.5. The number of amides is 2. The SMILES string of the molecule is CCOC(=O)c1nn(-c2ccc(OC)cc2)c2c1CN(C(=O)Nc1cccs1)CC2. The van der Waals surface area contributed by atoms with E-state index in [0.717, 1.165) is 27.7 Å². The Balaban J connectivity index is 1.66. The molecule has 0 saturated carbocycles. The second kappa shape index (κ2) is 8.58. The van der Waals surface area contributed by atoms with Gasteiger partial charge in [0.05, 0.1) is 36.6 Å². The average Bonchev–Trinajstić information content (AvgIpc) is 3.41. The van der Waals surface area contributed by atoms with Crippen LogP contribution in [0.15, 0.2) is 41.8 Å². The van der Waals surface area contributed by atoms with Crippen molar-refractivity contribution in [2.45, 2.75) is 19.9 Å². The fourth-order valence-electron chi connectivity index (χ4n) is 3.43. The van der Waals surface area contributed by atoms with Crippen LogP contribution in [0.25, 0.3) is 5.69 Å². The molecule has 8 nitrogen and oxygen atoms in total. The van der Waals surface area contributed by atoms with Gasteiger partial charge in [0.25, 0.3) is 0 Å². The zero-order valence-electron chi connectivity index (χ0n) is 16.8. The Morgan fingerprint density at radius 3 is 2.70 bits per heavy atom. The molecule has 3 heterocycles. The van der Waals surface area contributed by atoms with Gasteiger partial charge in [-0.1, -0.05) is 0 Å². The Kier molecular flexibility index (Phi) is 5.71. The predicted molar refractivity (Wildman–Crippen MR) is 114 cm³/mol.